The molecule has 1 amide bonds. The highest BCUT2D eigenvalue weighted by molar-refractivity contribution is 7.15. The summed E-state index contributed by atoms with van der Waals surface area (Å²) in [7, 11) is 0. The Hall–Kier alpha value is -2.41. The zero-order valence-corrected chi connectivity index (χ0v) is 9.94. The molecule has 0 bridgehead atoms. The van der Waals surface area contributed by atoms with Crippen molar-refractivity contribution in [2.24, 2.45) is 5.73 Å². The number of nitrogens with zero attached hydrogens (tertiary/aromatic N) is 1. The van der Waals surface area contributed by atoms with Crippen molar-refractivity contribution in [1.29, 1.82) is 0 Å². The number of nitro benzene ring substituents is 1. The third kappa shape index (κ3) is 2.03. The van der Waals surface area contributed by atoms with Gasteiger partial charge in [0, 0.05) is 23.1 Å². The van der Waals surface area contributed by atoms with E-state index in [9.17, 15) is 14.9 Å². The quantitative estimate of drug-likeness (QED) is 0.651. The van der Waals surface area contributed by atoms with Gasteiger partial charge in [0.1, 0.15) is 0 Å². The summed E-state index contributed by atoms with van der Waals surface area (Å²) in [5, 5.41) is 12.6. The molecule has 0 saturated carbocycles. The lowest BCUT2D eigenvalue weighted by Gasteiger charge is -2.01. The van der Waals surface area contributed by atoms with Crippen LogP contribution < -0.4 is 11.5 Å². The van der Waals surface area contributed by atoms with Gasteiger partial charge >= 0.3 is 0 Å². The van der Waals surface area contributed by atoms with E-state index < -0.39 is 10.8 Å². The van der Waals surface area contributed by atoms with E-state index in [1.54, 1.807) is 17.5 Å². The molecule has 0 aliphatic carbocycles. The van der Waals surface area contributed by atoms with Crippen molar-refractivity contribution in [3.63, 3.8) is 0 Å². The van der Waals surface area contributed by atoms with Crippen molar-refractivity contribution in [2.75, 3.05) is 5.73 Å². The molecule has 2 rings (SSSR count). The van der Waals surface area contributed by atoms with Crippen LogP contribution in [0, 0.1) is 10.1 Å². The Morgan fingerprint density at radius 1 is 1.28 bits per heavy atom. The predicted molar refractivity (Wildman–Crippen MR) is 69.3 cm³/mol. The van der Waals surface area contributed by atoms with E-state index in [1.807, 2.05) is 0 Å². The predicted octanol–water partition coefficient (Wildman–Crippen LogP) is 2.00. The number of thiophene rings is 1. The van der Waals surface area contributed by atoms with Gasteiger partial charge in [0.05, 0.1) is 15.5 Å². The fourth-order valence-corrected chi connectivity index (χ4v) is 2.43. The normalized spacial score (nSPS) is 10.2. The van der Waals surface area contributed by atoms with Crippen molar-refractivity contribution in [2.45, 2.75) is 0 Å². The number of hydrogen-bond donors (Lipinski definition) is 2. The Bertz CT molecular complexity index is 619. The molecular weight excluding hydrogens is 254 g/mol. The molecule has 0 radical (unpaired) electrons. The number of carbonyl (C=O) groups is 1. The minimum absolute atomic E-state index is 0.0115. The number of nitro groups is 1. The van der Waals surface area contributed by atoms with Gasteiger partial charge in [-0.05, 0) is 17.7 Å². The maximum absolute atomic E-state index is 11.3. The molecule has 2 aromatic rings. The molecule has 0 aliphatic rings. The number of hydrogen-bond acceptors (Lipinski definition) is 5. The van der Waals surface area contributed by atoms with Crippen LogP contribution in [0.4, 0.5) is 10.7 Å². The van der Waals surface area contributed by atoms with Gasteiger partial charge in [-0.1, -0.05) is 0 Å². The zero-order chi connectivity index (χ0) is 13.3. The number of rotatable bonds is 3. The van der Waals surface area contributed by atoms with Crippen LogP contribution in [0.25, 0.3) is 11.1 Å². The highest BCUT2D eigenvalue weighted by Gasteiger charge is 2.16. The van der Waals surface area contributed by atoms with Crippen molar-refractivity contribution >= 4 is 27.9 Å². The van der Waals surface area contributed by atoms with Gasteiger partial charge in [-0.3, -0.25) is 14.9 Å². The third-order valence-corrected chi connectivity index (χ3v) is 3.27. The molecule has 0 saturated heterocycles. The summed E-state index contributed by atoms with van der Waals surface area (Å²) in [6.07, 6.45) is 0. The fourth-order valence-electron chi connectivity index (χ4n) is 1.60. The van der Waals surface area contributed by atoms with Crippen LogP contribution in [-0.4, -0.2) is 10.8 Å². The second kappa shape index (κ2) is 4.46. The molecule has 1 aromatic carbocycles. The molecule has 0 spiro atoms. The van der Waals surface area contributed by atoms with Crippen LogP contribution >= 0.6 is 11.3 Å². The Morgan fingerprint density at radius 3 is 2.39 bits per heavy atom. The standard InChI is InChI=1S/C11H9N3O3S/c12-10(15)9-8(5-18-11(9)13)6-1-3-7(4-2-6)14(16)17/h1-5H,13H2,(H2,12,15). The first-order chi connectivity index (χ1) is 8.50. The lowest BCUT2D eigenvalue weighted by atomic mass is 10.0. The molecule has 1 heterocycles. The number of carbonyl (C=O) groups excluding carboxylic acids is 1. The van der Waals surface area contributed by atoms with Gasteiger partial charge in [-0.25, -0.2) is 0 Å². The largest absolute Gasteiger partial charge is 0.390 e. The Balaban J connectivity index is 2.49. The average molecular weight is 263 g/mol. The second-order valence-electron chi connectivity index (χ2n) is 3.56. The summed E-state index contributed by atoms with van der Waals surface area (Å²) < 4.78 is 0. The molecule has 0 unspecified atom stereocenters. The maximum atomic E-state index is 11.3. The molecule has 1 aromatic heterocycles. The maximum Gasteiger partial charge on any atom is 0.269 e. The van der Waals surface area contributed by atoms with E-state index in [2.05, 4.69) is 0 Å². The van der Waals surface area contributed by atoms with E-state index in [-0.39, 0.29) is 11.3 Å². The first-order valence-electron chi connectivity index (χ1n) is 4.92. The molecule has 7 heteroatoms. The molecule has 0 atom stereocenters. The van der Waals surface area contributed by atoms with Crippen molar-refractivity contribution < 1.29 is 9.72 Å². The number of nitrogen functional groups attached to an aromatic ring is 1. The molecule has 0 aliphatic heterocycles. The van der Waals surface area contributed by atoms with E-state index in [0.29, 0.717) is 16.1 Å². The summed E-state index contributed by atoms with van der Waals surface area (Å²) in [6.45, 7) is 0. The summed E-state index contributed by atoms with van der Waals surface area (Å²) >= 11 is 1.21. The minimum atomic E-state index is -0.609. The smallest absolute Gasteiger partial charge is 0.269 e. The summed E-state index contributed by atoms with van der Waals surface area (Å²) in [5.74, 6) is -0.609. The van der Waals surface area contributed by atoms with Crippen LogP contribution in [0.2, 0.25) is 0 Å². The molecule has 0 fully saturated rings. The second-order valence-corrected chi connectivity index (χ2v) is 4.47. The van der Waals surface area contributed by atoms with Crippen LogP contribution in [0.1, 0.15) is 10.4 Å². The average Bonchev–Trinajstić information content (AvgIpc) is 2.71. The number of anilines is 1. The van der Waals surface area contributed by atoms with Crippen molar-refractivity contribution in [3.05, 3.63) is 45.3 Å². The van der Waals surface area contributed by atoms with Crippen LogP contribution in [0.5, 0.6) is 0 Å². The molecule has 4 N–H and O–H groups in total. The van der Waals surface area contributed by atoms with Gasteiger partial charge in [0.25, 0.3) is 11.6 Å². The van der Waals surface area contributed by atoms with E-state index in [1.165, 1.54) is 23.5 Å². The number of benzene rings is 1. The van der Waals surface area contributed by atoms with E-state index in [0.717, 1.165) is 0 Å². The monoisotopic (exact) mass is 263 g/mol. The van der Waals surface area contributed by atoms with Gasteiger partial charge in [0.2, 0.25) is 0 Å². The molecule has 6 nitrogen and oxygen atoms in total. The van der Waals surface area contributed by atoms with Gasteiger partial charge < -0.3 is 11.5 Å². The van der Waals surface area contributed by atoms with Crippen molar-refractivity contribution in [3.8, 4) is 11.1 Å². The number of nitrogens with two attached hydrogens (primary N) is 2. The third-order valence-electron chi connectivity index (χ3n) is 2.46. The number of amides is 1. The lowest BCUT2D eigenvalue weighted by Crippen LogP contribution is -2.12. The van der Waals surface area contributed by atoms with Crippen LogP contribution in [-0.2, 0) is 0 Å². The summed E-state index contributed by atoms with van der Waals surface area (Å²) in [5.41, 5.74) is 12.4. The highest BCUT2D eigenvalue weighted by Crippen LogP contribution is 2.33. The first-order valence-corrected chi connectivity index (χ1v) is 5.80. The fraction of sp³-hybridized carbons (Fsp3) is 0. The topological polar surface area (TPSA) is 112 Å². The lowest BCUT2D eigenvalue weighted by molar-refractivity contribution is -0.384. The summed E-state index contributed by atoms with van der Waals surface area (Å²) in [6, 6.07) is 5.86. The van der Waals surface area contributed by atoms with Gasteiger partial charge in [0.15, 0.2) is 0 Å². The van der Waals surface area contributed by atoms with Crippen LogP contribution in [0.15, 0.2) is 29.6 Å². The molecule has 18 heavy (non-hydrogen) atoms. The number of primary amides is 1. The van der Waals surface area contributed by atoms with Gasteiger partial charge in [-0.15, -0.1) is 11.3 Å². The zero-order valence-electron chi connectivity index (χ0n) is 9.12. The Kier molecular flexibility index (Phi) is 2.99. The summed E-state index contributed by atoms with van der Waals surface area (Å²) in [4.78, 5) is 21.3. The Morgan fingerprint density at radius 2 is 1.89 bits per heavy atom. The van der Waals surface area contributed by atoms with E-state index in [4.69, 9.17) is 11.5 Å². The van der Waals surface area contributed by atoms with Crippen LogP contribution in [0.3, 0.4) is 0 Å². The van der Waals surface area contributed by atoms with E-state index >= 15 is 0 Å². The SMILES string of the molecule is NC(=O)c1c(-c2ccc([N+](=O)[O-])cc2)csc1N. The highest BCUT2D eigenvalue weighted by atomic mass is 32.1. The molecule has 92 valence electrons. The first kappa shape index (κ1) is 12.1. The van der Waals surface area contributed by atoms with Gasteiger partial charge in [-0.2, -0.15) is 0 Å². The number of non-ortho nitro benzene ring substituents is 1. The Labute approximate surface area is 106 Å². The molecular formula is C11H9N3O3S. The minimum Gasteiger partial charge on any atom is -0.390 e. The van der Waals surface area contributed by atoms with Crippen molar-refractivity contribution in [1.82, 2.24) is 0 Å².